The summed E-state index contributed by atoms with van der Waals surface area (Å²) in [6.07, 6.45) is 45.2. The van der Waals surface area contributed by atoms with E-state index in [0.717, 1.165) is 64.2 Å². The van der Waals surface area contributed by atoms with Gasteiger partial charge in [0, 0.05) is 12.8 Å². The van der Waals surface area contributed by atoms with Crippen molar-refractivity contribution in [3.8, 4) is 0 Å². The van der Waals surface area contributed by atoms with Crippen molar-refractivity contribution in [3.63, 3.8) is 0 Å². The summed E-state index contributed by atoms with van der Waals surface area (Å²) in [5.74, 6) is -1.21. The molecule has 0 saturated heterocycles. The molecule has 1 amide bonds. The lowest BCUT2D eigenvalue weighted by Gasteiger charge is -2.18. The van der Waals surface area contributed by atoms with Gasteiger partial charge in [0.05, 0.1) is 0 Å². The number of hydrogen-bond acceptors (Lipinski definition) is 4. The molecule has 1 unspecified atom stereocenters. The van der Waals surface area contributed by atoms with Crippen molar-refractivity contribution in [2.45, 2.75) is 258 Å². The first-order valence-corrected chi connectivity index (χ1v) is 22.2. The quantitative estimate of drug-likeness (QED) is 0.0487. The van der Waals surface area contributed by atoms with Gasteiger partial charge in [0.25, 0.3) is 0 Å². The van der Waals surface area contributed by atoms with Gasteiger partial charge in [-0.05, 0) is 38.5 Å². The van der Waals surface area contributed by atoms with Crippen molar-refractivity contribution in [2.75, 3.05) is 6.54 Å². The number of hydrogen-bond donors (Lipinski definition) is 2. The highest BCUT2D eigenvalue weighted by molar-refractivity contribution is 5.80. The van der Waals surface area contributed by atoms with E-state index in [9.17, 15) is 14.4 Å². The van der Waals surface area contributed by atoms with Gasteiger partial charge in [0.15, 0.2) is 0 Å². The number of carboxylic acids is 1. The molecule has 0 aliphatic rings. The molecule has 0 aromatic rings. The Morgan fingerprint density at radius 3 is 1.08 bits per heavy atom. The van der Waals surface area contributed by atoms with Gasteiger partial charge in [-0.1, -0.05) is 200 Å². The lowest BCUT2D eigenvalue weighted by Crippen LogP contribution is -2.28. The van der Waals surface area contributed by atoms with Crippen LogP contribution in [0.3, 0.4) is 0 Å². The molecule has 296 valence electrons. The van der Waals surface area contributed by atoms with Crippen molar-refractivity contribution in [3.05, 3.63) is 0 Å². The van der Waals surface area contributed by atoms with E-state index in [1.165, 1.54) is 161 Å². The van der Waals surface area contributed by atoms with Gasteiger partial charge in [0.1, 0.15) is 12.6 Å². The zero-order chi connectivity index (χ0) is 36.6. The fraction of sp³-hybridized carbons (Fsp3) is 0.932. The number of aliphatic carboxylic acids is 1. The Balaban J connectivity index is 4.02. The lowest BCUT2D eigenvalue weighted by molar-refractivity contribution is -0.150. The molecule has 6 nitrogen and oxygen atoms in total. The van der Waals surface area contributed by atoms with Crippen molar-refractivity contribution in [1.29, 1.82) is 0 Å². The predicted molar refractivity (Wildman–Crippen MR) is 213 cm³/mol. The van der Waals surface area contributed by atoms with E-state index in [1.54, 1.807) is 0 Å². The molecule has 2 N–H and O–H groups in total. The number of amides is 1. The van der Waals surface area contributed by atoms with Crippen LogP contribution in [-0.2, 0) is 19.1 Å². The first-order valence-electron chi connectivity index (χ1n) is 22.2. The smallest absolute Gasteiger partial charge is 0.322 e. The average molecular weight is 708 g/mol. The SMILES string of the molecule is CCCCCCCCCCCCCCCCCCCCC(=O)OC(CCCCCCCCCCCC)CCCCCCCC(=O)NCC(=O)O. The van der Waals surface area contributed by atoms with Crippen LogP contribution in [0.25, 0.3) is 0 Å². The van der Waals surface area contributed by atoms with Crippen LogP contribution in [0.4, 0.5) is 0 Å². The molecule has 0 heterocycles. The summed E-state index contributed by atoms with van der Waals surface area (Å²) in [6, 6.07) is 0. The topological polar surface area (TPSA) is 92.7 Å². The number of carbonyl (C=O) groups excluding carboxylic acids is 2. The standard InChI is InChI=1S/C44H85NO5/c1-3-5-7-9-11-13-15-16-17-18-19-20-21-22-24-26-31-35-39-44(49)50-41(36-32-28-25-23-14-12-10-8-6-4-2)37-33-29-27-30-34-38-42(46)45-40-43(47)48/h41H,3-40H2,1-2H3,(H,45,46)(H,47,48). The van der Waals surface area contributed by atoms with Gasteiger partial charge >= 0.3 is 11.9 Å². The number of esters is 1. The summed E-state index contributed by atoms with van der Waals surface area (Å²) in [5.41, 5.74) is 0. The lowest BCUT2D eigenvalue weighted by atomic mass is 10.0. The largest absolute Gasteiger partial charge is 0.480 e. The monoisotopic (exact) mass is 708 g/mol. The Kier molecular flexibility index (Phi) is 38.9. The Morgan fingerprint density at radius 2 is 0.740 bits per heavy atom. The number of carboxylic acid groups (broad SMARTS) is 1. The van der Waals surface area contributed by atoms with Gasteiger partial charge in [-0.3, -0.25) is 14.4 Å². The summed E-state index contributed by atoms with van der Waals surface area (Å²) in [5, 5.41) is 11.1. The van der Waals surface area contributed by atoms with Gasteiger partial charge in [-0.2, -0.15) is 0 Å². The Labute approximate surface area is 310 Å². The number of unbranched alkanes of at least 4 members (excludes halogenated alkanes) is 30. The molecule has 0 rings (SSSR count). The molecular weight excluding hydrogens is 622 g/mol. The molecule has 0 aromatic carbocycles. The van der Waals surface area contributed by atoms with Crippen molar-refractivity contribution in [2.24, 2.45) is 0 Å². The van der Waals surface area contributed by atoms with E-state index in [4.69, 9.17) is 9.84 Å². The fourth-order valence-corrected chi connectivity index (χ4v) is 6.99. The normalized spacial score (nSPS) is 11.9. The number of ether oxygens (including phenoxy) is 1. The Bertz CT molecular complexity index is 742. The second-order valence-electron chi connectivity index (χ2n) is 15.3. The molecule has 1 atom stereocenters. The zero-order valence-corrected chi connectivity index (χ0v) is 33.5. The van der Waals surface area contributed by atoms with Crippen molar-refractivity contribution >= 4 is 17.8 Å². The molecule has 0 aromatic heterocycles. The maximum atomic E-state index is 12.7. The van der Waals surface area contributed by atoms with E-state index in [2.05, 4.69) is 19.2 Å². The van der Waals surface area contributed by atoms with E-state index < -0.39 is 5.97 Å². The summed E-state index contributed by atoms with van der Waals surface area (Å²) < 4.78 is 6.03. The summed E-state index contributed by atoms with van der Waals surface area (Å²) in [7, 11) is 0. The molecule has 0 aliphatic heterocycles. The molecule has 0 spiro atoms. The predicted octanol–water partition coefficient (Wildman–Crippen LogP) is 13.6. The van der Waals surface area contributed by atoms with Gasteiger partial charge in [-0.15, -0.1) is 0 Å². The molecule has 50 heavy (non-hydrogen) atoms. The molecule has 0 bridgehead atoms. The van der Waals surface area contributed by atoms with Crippen LogP contribution in [0.15, 0.2) is 0 Å². The van der Waals surface area contributed by atoms with E-state index in [0.29, 0.717) is 12.8 Å². The minimum atomic E-state index is -1.01. The van der Waals surface area contributed by atoms with Crippen molar-refractivity contribution in [1.82, 2.24) is 5.32 Å². The fourth-order valence-electron chi connectivity index (χ4n) is 6.99. The Morgan fingerprint density at radius 1 is 0.440 bits per heavy atom. The molecule has 0 fully saturated rings. The second-order valence-corrected chi connectivity index (χ2v) is 15.3. The molecule has 0 saturated carbocycles. The molecule has 0 radical (unpaired) electrons. The highest BCUT2D eigenvalue weighted by Crippen LogP contribution is 2.19. The van der Waals surface area contributed by atoms with Crippen LogP contribution >= 0.6 is 0 Å². The van der Waals surface area contributed by atoms with Crippen LogP contribution in [-0.4, -0.2) is 35.6 Å². The third-order valence-electron chi connectivity index (χ3n) is 10.3. The Hall–Kier alpha value is -1.59. The highest BCUT2D eigenvalue weighted by atomic mass is 16.5. The van der Waals surface area contributed by atoms with E-state index >= 15 is 0 Å². The third-order valence-corrected chi connectivity index (χ3v) is 10.3. The van der Waals surface area contributed by atoms with Crippen LogP contribution in [0.5, 0.6) is 0 Å². The molecule has 6 heteroatoms. The first kappa shape index (κ1) is 48.4. The summed E-state index contributed by atoms with van der Waals surface area (Å²) >= 11 is 0. The number of carbonyl (C=O) groups is 3. The van der Waals surface area contributed by atoms with Gasteiger partial charge in [-0.25, -0.2) is 0 Å². The van der Waals surface area contributed by atoms with Crippen LogP contribution in [0.1, 0.15) is 251 Å². The summed E-state index contributed by atoms with van der Waals surface area (Å²) in [4.78, 5) is 35.0. The average Bonchev–Trinajstić information content (AvgIpc) is 3.10. The number of rotatable bonds is 41. The first-order chi connectivity index (χ1) is 24.5. The van der Waals surface area contributed by atoms with Crippen molar-refractivity contribution < 1.29 is 24.2 Å². The third kappa shape index (κ3) is 39.2. The van der Waals surface area contributed by atoms with E-state index in [-0.39, 0.29) is 24.5 Å². The maximum Gasteiger partial charge on any atom is 0.322 e. The molecular formula is C44H85NO5. The van der Waals surface area contributed by atoms with Gasteiger partial charge in [0.2, 0.25) is 5.91 Å². The zero-order valence-electron chi connectivity index (χ0n) is 33.5. The van der Waals surface area contributed by atoms with Crippen LogP contribution < -0.4 is 5.32 Å². The van der Waals surface area contributed by atoms with Crippen LogP contribution in [0, 0.1) is 0 Å². The summed E-state index contributed by atoms with van der Waals surface area (Å²) in [6.45, 7) is 4.25. The number of nitrogens with one attached hydrogen (secondary N) is 1. The molecule has 0 aliphatic carbocycles. The minimum Gasteiger partial charge on any atom is -0.480 e. The second kappa shape index (κ2) is 40.2. The van der Waals surface area contributed by atoms with E-state index in [1.807, 2.05) is 0 Å². The van der Waals surface area contributed by atoms with Crippen LogP contribution in [0.2, 0.25) is 0 Å². The minimum absolute atomic E-state index is 0.00838. The van der Waals surface area contributed by atoms with Gasteiger partial charge < -0.3 is 15.2 Å². The highest BCUT2D eigenvalue weighted by Gasteiger charge is 2.14. The maximum absolute atomic E-state index is 12.7.